The Morgan fingerprint density at radius 1 is 1.35 bits per heavy atom. The van der Waals surface area contributed by atoms with Gasteiger partial charge in [-0.1, -0.05) is 0 Å². The van der Waals surface area contributed by atoms with Crippen molar-refractivity contribution in [3.8, 4) is 0 Å². The van der Waals surface area contributed by atoms with E-state index in [1.807, 2.05) is 0 Å². The molecule has 1 aromatic heterocycles. The summed E-state index contributed by atoms with van der Waals surface area (Å²) in [6.07, 6.45) is 0.550. The van der Waals surface area contributed by atoms with Crippen LogP contribution >= 0.6 is 27.3 Å². The Kier molecular flexibility index (Phi) is 3.54. The number of thiophene rings is 1. The second-order valence-electron chi connectivity index (χ2n) is 4.88. The average Bonchev–Trinajstić information content (AvgIpc) is 2.76. The fraction of sp³-hybridized carbons (Fsp3) is 0.667. The maximum Gasteiger partial charge on any atom is 0.0755 e. The molecule has 1 aromatic rings. The van der Waals surface area contributed by atoms with Gasteiger partial charge in [-0.3, -0.25) is 9.80 Å². The molecular weight excluding hydrogens is 300 g/mol. The first kappa shape index (κ1) is 12.1. The van der Waals surface area contributed by atoms with Crippen molar-refractivity contribution >= 4 is 27.3 Å². The van der Waals surface area contributed by atoms with Crippen molar-refractivity contribution in [1.82, 2.24) is 9.80 Å². The molecule has 3 saturated heterocycles. The van der Waals surface area contributed by atoms with Crippen LogP contribution in [0, 0.1) is 0 Å². The smallest absolute Gasteiger partial charge is 0.0755 e. The third-order valence-corrected chi connectivity index (χ3v) is 5.45. The zero-order valence-electron chi connectivity index (χ0n) is 9.68. The highest BCUT2D eigenvalue weighted by atomic mass is 79.9. The molecule has 3 fully saturated rings. The van der Waals surface area contributed by atoms with Gasteiger partial charge >= 0.3 is 0 Å². The van der Waals surface area contributed by atoms with Gasteiger partial charge < -0.3 is 5.11 Å². The Morgan fingerprint density at radius 3 is 2.65 bits per heavy atom. The molecule has 0 radical (unpaired) electrons. The van der Waals surface area contributed by atoms with Crippen LogP contribution in [0.1, 0.15) is 4.88 Å². The number of nitrogens with zero attached hydrogens (tertiary/aromatic N) is 2. The van der Waals surface area contributed by atoms with E-state index in [0.29, 0.717) is 6.04 Å². The van der Waals surface area contributed by atoms with E-state index in [0.717, 1.165) is 29.8 Å². The Hall–Kier alpha value is 0.0600. The van der Waals surface area contributed by atoms with Crippen molar-refractivity contribution in [2.24, 2.45) is 0 Å². The molecule has 1 N–H and O–H groups in total. The van der Waals surface area contributed by atoms with E-state index >= 15 is 0 Å². The maximum atomic E-state index is 10.4. The lowest BCUT2D eigenvalue weighted by Gasteiger charge is -2.49. The van der Waals surface area contributed by atoms with Crippen LogP contribution in [-0.4, -0.2) is 59.8 Å². The topological polar surface area (TPSA) is 26.7 Å². The van der Waals surface area contributed by atoms with Crippen LogP contribution in [0.3, 0.4) is 0 Å². The summed E-state index contributed by atoms with van der Waals surface area (Å²) in [4.78, 5) is 6.19. The standard InChI is InChI=1S/C12H17BrN2OS/c13-12-2-1-9(17-12)7-11(16)10-8-14-3-5-15(10)6-4-14/h1-2,10-11,16H,3-8H2. The molecule has 3 aliphatic rings. The Bertz CT molecular complexity index is 390. The van der Waals surface area contributed by atoms with E-state index < -0.39 is 0 Å². The molecular formula is C12H17BrN2OS. The summed E-state index contributed by atoms with van der Waals surface area (Å²) in [6, 6.07) is 4.50. The van der Waals surface area contributed by atoms with Gasteiger partial charge in [-0.25, -0.2) is 0 Å². The van der Waals surface area contributed by atoms with Crippen molar-refractivity contribution in [2.75, 3.05) is 32.7 Å². The first-order valence-corrected chi connectivity index (χ1v) is 7.72. The molecule has 3 aliphatic heterocycles. The average molecular weight is 317 g/mol. The lowest BCUT2D eigenvalue weighted by Crippen LogP contribution is -2.64. The molecule has 0 amide bonds. The summed E-state index contributed by atoms with van der Waals surface area (Å²) in [7, 11) is 0. The number of aliphatic hydroxyl groups is 1. The van der Waals surface area contributed by atoms with Crippen LogP contribution < -0.4 is 0 Å². The van der Waals surface area contributed by atoms with E-state index in [9.17, 15) is 5.11 Å². The number of hydrogen-bond donors (Lipinski definition) is 1. The molecule has 0 aliphatic carbocycles. The van der Waals surface area contributed by atoms with Crippen LogP contribution in [0.2, 0.25) is 0 Å². The van der Waals surface area contributed by atoms with Crippen molar-refractivity contribution in [3.05, 3.63) is 20.8 Å². The third-order valence-electron chi connectivity index (χ3n) is 3.80. The molecule has 2 bridgehead atoms. The van der Waals surface area contributed by atoms with Crippen LogP contribution in [0.25, 0.3) is 0 Å². The zero-order valence-corrected chi connectivity index (χ0v) is 12.1. The summed E-state index contributed by atoms with van der Waals surface area (Å²) in [5.41, 5.74) is 0. The van der Waals surface area contributed by atoms with Gasteiger partial charge in [0.1, 0.15) is 0 Å². The Balaban J connectivity index is 1.64. The van der Waals surface area contributed by atoms with Gasteiger partial charge in [0.05, 0.1) is 9.89 Å². The minimum atomic E-state index is -0.233. The van der Waals surface area contributed by atoms with Crippen molar-refractivity contribution < 1.29 is 5.11 Å². The second kappa shape index (κ2) is 4.97. The summed E-state index contributed by atoms with van der Waals surface area (Å²) in [6.45, 7) is 5.63. The quantitative estimate of drug-likeness (QED) is 0.913. The van der Waals surface area contributed by atoms with Crippen LogP contribution in [0.4, 0.5) is 0 Å². The highest BCUT2D eigenvalue weighted by Gasteiger charge is 2.35. The predicted molar refractivity (Wildman–Crippen MR) is 73.5 cm³/mol. The van der Waals surface area contributed by atoms with Crippen molar-refractivity contribution in [3.63, 3.8) is 0 Å². The lowest BCUT2D eigenvalue weighted by atomic mass is 9.99. The van der Waals surface area contributed by atoms with Gasteiger partial charge in [0.2, 0.25) is 0 Å². The number of aliphatic hydroxyl groups excluding tert-OH is 1. The number of halogens is 1. The van der Waals surface area contributed by atoms with Gasteiger partial charge in [-0.05, 0) is 28.1 Å². The van der Waals surface area contributed by atoms with E-state index in [1.54, 1.807) is 11.3 Å². The predicted octanol–water partition coefficient (Wildman–Crippen LogP) is 1.41. The molecule has 2 atom stereocenters. The summed E-state index contributed by atoms with van der Waals surface area (Å²) >= 11 is 5.19. The largest absolute Gasteiger partial charge is 0.391 e. The zero-order chi connectivity index (χ0) is 11.8. The minimum Gasteiger partial charge on any atom is -0.391 e. The molecule has 3 nitrogen and oxygen atoms in total. The minimum absolute atomic E-state index is 0.233. The van der Waals surface area contributed by atoms with Crippen LogP contribution in [0.15, 0.2) is 15.9 Å². The first-order chi connectivity index (χ1) is 8.22. The van der Waals surface area contributed by atoms with E-state index in [1.165, 1.54) is 18.0 Å². The van der Waals surface area contributed by atoms with E-state index in [4.69, 9.17) is 0 Å². The van der Waals surface area contributed by atoms with E-state index in [2.05, 4.69) is 37.9 Å². The van der Waals surface area contributed by atoms with Gasteiger partial charge in [-0.15, -0.1) is 11.3 Å². The second-order valence-corrected chi connectivity index (χ2v) is 7.43. The molecule has 17 heavy (non-hydrogen) atoms. The maximum absolute atomic E-state index is 10.4. The highest BCUT2D eigenvalue weighted by molar-refractivity contribution is 9.11. The molecule has 5 heteroatoms. The molecule has 0 aromatic carbocycles. The third kappa shape index (κ3) is 2.58. The fourth-order valence-electron chi connectivity index (χ4n) is 2.83. The molecule has 2 unspecified atom stereocenters. The number of fused-ring (bicyclic) bond motifs is 3. The summed E-state index contributed by atoms with van der Waals surface area (Å²) < 4.78 is 1.15. The molecule has 4 rings (SSSR count). The fourth-order valence-corrected chi connectivity index (χ4v) is 4.36. The summed E-state index contributed by atoms with van der Waals surface area (Å²) in [5, 5.41) is 10.4. The van der Waals surface area contributed by atoms with Gasteiger partial charge in [0, 0.05) is 50.1 Å². The lowest BCUT2D eigenvalue weighted by molar-refractivity contribution is -0.0451. The number of rotatable bonds is 3. The molecule has 94 valence electrons. The van der Waals surface area contributed by atoms with E-state index in [-0.39, 0.29) is 6.10 Å². The molecule has 0 spiro atoms. The first-order valence-electron chi connectivity index (χ1n) is 6.11. The van der Waals surface area contributed by atoms with Gasteiger partial charge in [0.15, 0.2) is 0 Å². The molecule has 4 heterocycles. The van der Waals surface area contributed by atoms with Crippen molar-refractivity contribution in [1.29, 1.82) is 0 Å². The Morgan fingerprint density at radius 2 is 2.12 bits per heavy atom. The monoisotopic (exact) mass is 316 g/mol. The summed E-state index contributed by atoms with van der Waals surface area (Å²) in [5.74, 6) is 0. The van der Waals surface area contributed by atoms with Crippen molar-refractivity contribution in [2.45, 2.75) is 18.6 Å². The van der Waals surface area contributed by atoms with Crippen LogP contribution in [0.5, 0.6) is 0 Å². The number of piperazine rings is 3. The van der Waals surface area contributed by atoms with Gasteiger partial charge in [0.25, 0.3) is 0 Å². The van der Waals surface area contributed by atoms with Crippen LogP contribution in [-0.2, 0) is 6.42 Å². The SMILES string of the molecule is OC(Cc1ccc(Br)s1)C1CN2CCN1CC2. The van der Waals surface area contributed by atoms with Gasteiger partial charge in [-0.2, -0.15) is 0 Å². The highest BCUT2D eigenvalue weighted by Crippen LogP contribution is 2.26. The Labute approximate surface area is 114 Å². The normalized spacial score (nSPS) is 33.9. The molecule has 0 saturated carbocycles. The number of hydrogen-bond acceptors (Lipinski definition) is 4.